The Morgan fingerprint density at radius 3 is 2.30 bits per heavy atom. The van der Waals surface area contributed by atoms with Crippen molar-refractivity contribution in [2.75, 3.05) is 5.32 Å². The van der Waals surface area contributed by atoms with Crippen LogP contribution in [-0.4, -0.2) is 34.3 Å². The maximum Gasteiger partial charge on any atom is 0.335 e. The van der Waals surface area contributed by atoms with E-state index in [1.807, 2.05) is 0 Å². The van der Waals surface area contributed by atoms with Crippen molar-refractivity contribution in [1.29, 1.82) is 0 Å². The number of rotatable bonds is 6. The van der Waals surface area contributed by atoms with Crippen LogP contribution in [0.2, 0.25) is 0 Å². The molecule has 2 aromatic rings. The van der Waals surface area contributed by atoms with E-state index < -0.39 is 12.1 Å². The largest absolute Gasteiger partial charge is 0.488 e. The Kier molecular flexibility index (Phi) is 6.08. The predicted molar refractivity (Wildman–Crippen MR) is 101 cm³/mol. The normalized spacial score (nSPS) is 19.3. The van der Waals surface area contributed by atoms with E-state index >= 15 is 0 Å². The Labute approximate surface area is 157 Å². The number of carboxylic acid groups (broad SMARTS) is 1. The standard InChI is InChI=1S/C21H23NO5/c23-18-3-1-2-4-19(18)27-17-11-9-16(10-12-17)22-20(24)13-14-5-7-15(8-6-14)21(25)26/h5-12,18-19,23H,1-4,13H2,(H,22,24)(H,25,26). The van der Waals surface area contributed by atoms with E-state index in [2.05, 4.69) is 5.32 Å². The number of nitrogens with one attached hydrogen (secondary N) is 1. The van der Waals surface area contributed by atoms with Gasteiger partial charge in [-0.25, -0.2) is 4.79 Å². The molecule has 3 N–H and O–H groups in total. The van der Waals surface area contributed by atoms with Crippen molar-refractivity contribution in [3.05, 3.63) is 59.7 Å². The van der Waals surface area contributed by atoms with Gasteiger partial charge in [-0.1, -0.05) is 18.6 Å². The summed E-state index contributed by atoms with van der Waals surface area (Å²) in [6.45, 7) is 0. The number of aliphatic hydroxyl groups excluding tert-OH is 1. The van der Waals surface area contributed by atoms with Crippen molar-refractivity contribution in [2.45, 2.75) is 44.3 Å². The Bertz CT molecular complexity index is 785. The number of amides is 1. The zero-order valence-electron chi connectivity index (χ0n) is 14.9. The van der Waals surface area contributed by atoms with E-state index in [9.17, 15) is 14.7 Å². The van der Waals surface area contributed by atoms with Gasteiger partial charge in [0.05, 0.1) is 18.1 Å². The average Bonchev–Trinajstić information content (AvgIpc) is 2.65. The Balaban J connectivity index is 1.52. The number of aromatic carboxylic acids is 1. The van der Waals surface area contributed by atoms with Crippen LogP contribution in [0.4, 0.5) is 5.69 Å². The molecule has 3 rings (SSSR count). The molecule has 0 heterocycles. The fourth-order valence-corrected chi connectivity index (χ4v) is 3.16. The van der Waals surface area contributed by atoms with Crippen LogP contribution >= 0.6 is 0 Å². The molecule has 6 heteroatoms. The van der Waals surface area contributed by atoms with E-state index in [0.717, 1.165) is 31.2 Å². The maximum absolute atomic E-state index is 12.2. The molecule has 1 aliphatic rings. The van der Waals surface area contributed by atoms with Crippen molar-refractivity contribution in [1.82, 2.24) is 0 Å². The number of carboxylic acids is 1. The van der Waals surface area contributed by atoms with Crippen LogP contribution < -0.4 is 10.1 Å². The van der Waals surface area contributed by atoms with Gasteiger partial charge in [-0.15, -0.1) is 0 Å². The molecule has 1 fully saturated rings. The van der Waals surface area contributed by atoms with E-state index in [1.54, 1.807) is 36.4 Å². The molecule has 0 aromatic heterocycles. The number of anilines is 1. The SMILES string of the molecule is O=C(Cc1ccc(C(=O)O)cc1)Nc1ccc(OC2CCCCC2O)cc1. The molecule has 1 aliphatic carbocycles. The molecule has 6 nitrogen and oxygen atoms in total. The highest BCUT2D eigenvalue weighted by atomic mass is 16.5. The van der Waals surface area contributed by atoms with Crippen LogP contribution in [0.15, 0.2) is 48.5 Å². The summed E-state index contributed by atoms with van der Waals surface area (Å²) in [6.07, 6.45) is 3.27. The van der Waals surface area contributed by atoms with Crippen LogP contribution in [0.3, 0.4) is 0 Å². The molecule has 27 heavy (non-hydrogen) atoms. The van der Waals surface area contributed by atoms with Crippen LogP contribution in [0.25, 0.3) is 0 Å². The van der Waals surface area contributed by atoms with Gasteiger partial charge in [0.15, 0.2) is 0 Å². The summed E-state index contributed by atoms with van der Waals surface area (Å²) in [5.74, 6) is -0.508. The zero-order chi connectivity index (χ0) is 19.2. The third kappa shape index (κ3) is 5.31. The molecule has 2 aromatic carbocycles. The summed E-state index contributed by atoms with van der Waals surface area (Å²) in [5, 5.41) is 21.7. The molecule has 1 amide bonds. The van der Waals surface area contributed by atoms with Gasteiger partial charge >= 0.3 is 5.97 Å². The zero-order valence-corrected chi connectivity index (χ0v) is 14.9. The third-order valence-electron chi connectivity index (χ3n) is 4.66. The second-order valence-electron chi connectivity index (χ2n) is 6.76. The lowest BCUT2D eigenvalue weighted by atomic mass is 9.95. The lowest BCUT2D eigenvalue weighted by Gasteiger charge is -2.28. The van der Waals surface area contributed by atoms with Gasteiger partial charge in [-0.3, -0.25) is 4.79 Å². The van der Waals surface area contributed by atoms with Gasteiger partial charge in [0, 0.05) is 5.69 Å². The van der Waals surface area contributed by atoms with Gasteiger partial charge in [0.1, 0.15) is 11.9 Å². The fraction of sp³-hybridized carbons (Fsp3) is 0.333. The first-order valence-corrected chi connectivity index (χ1v) is 9.08. The second kappa shape index (κ2) is 8.68. The summed E-state index contributed by atoms with van der Waals surface area (Å²) < 4.78 is 5.84. The highest BCUT2D eigenvalue weighted by molar-refractivity contribution is 5.92. The summed E-state index contributed by atoms with van der Waals surface area (Å²) in [6, 6.07) is 13.3. The van der Waals surface area contributed by atoms with Crippen LogP contribution in [0.1, 0.15) is 41.6 Å². The Morgan fingerprint density at radius 1 is 1.00 bits per heavy atom. The summed E-state index contributed by atoms with van der Waals surface area (Å²) in [5.41, 5.74) is 1.58. The smallest absolute Gasteiger partial charge is 0.335 e. The third-order valence-corrected chi connectivity index (χ3v) is 4.66. The van der Waals surface area contributed by atoms with Gasteiger partial charge in [-0.2, -0.15) is 0 Å². The molecule has 0 saturated heterocycles. The minimum Gasteiger partial charge on any atom is -0.488 e. The molecule has 142 valence electrons. The van der Waals surface area contributed by atoms with Crippen LogP contribution in [0, 0.1) is 0 Å². The minimum absolute atomic E-state index is 0.159. The molecule has 0 radical (unpaired) electrons. The summed E-state index contributed by atoms with van der Waals surface area (Å²) in [4.78, 5) is 23.0. The molecule has 0 bridgehead atoms. The van der Waals surface area contributed by atoms with Gasteiger partial charge < -0.3 is 20.3 Å². The highest BCUT2D eigenvalue weighted by Gasteiger charge is 2.24. The Hall–Kier alpha value is -2.86. The highest BCUT2D eigenvalue weighted by Crippen LogP contribution is 2.25. The number of hydrogen-bond donors (Lipinski definition) is 3. The van der Waals surface area contributed by atoms with Gasteiger partial charge in [-0.05, 0) is 61.2 Å². The Morgan fingerprint density at radius 2 is 1.67 bits per heavy atom. The predicted octanol–water partition coefficient (Wildman–Crippen LogP) is 3.25. The average molecular weight is 369 g/mol. The number of aliphatic hydroxyl groups is 1. The lowest BCUT2D eigenvalue weighted by Crippen LogP contribution is -2.34. The number of hydrogen-bond acceptors (Lipinski definition) is 4. The lowest BCUT2D eigenvalue weighted by molar-refractivity contribution is -0.115. The summed E-state index contributed by atoms with van der Waals surface area (Å²) >= 11 is 0. The molecule has 2 unspecified atom stereocenters. The maximum atomic E-state index is 12.2. The monoisotopic (exact) mass is 369 g/mol. The fourth-order valence-electron chi connectivity index (χ4n) is 3.16. The van der Waals surface area contributed by atoms with Crippen molar-refractivity contribution in [2.24, 2.45) is 0 Å². The second-order valence-corrected chi connectivity index (χ2v) is 6.76. The van der Waals surface area contributed by atoms with Crippen molar-refractivity contribution in [3.8, 4) is 5.75 Å². The number of carbonyl (C=O) groups excluding carboxylic acids is 1. The van der Waals surface area contributed by atoms with Crippen LogP contribution in [-0.2, 0) is 11.2 Å². The molecular formula is C21H23NO5. The van der Waals surface area contributed by atoms with Crippen molar-refractivity contribution >= 4 is 17.6 Å². The number of carbonyl (C=O) groups is 2. The van der Waals surface area contributed by atoms with E-state index in [0.29, 0.717) is 11.4 Å². The summed E-state index contributed by atoms with van der Waals surface area (Å²) in [7, 11) is 0. The van der Waals surface area contributed by atoms with Gasteiger partial charge in [0.2, 0.25) is 5.91 Å². The van der Waals surface area contributed by atoms with Gasteiger partial charge in [0.25, 0.3) is 0 Å². The van der Waals surface area contributed by atoms with E-state index in [-0.39, 0.29) is 24.0 Å². The van der Waals surface area contributed by atoms with E-state index in [4.69, 9.17) is 9.84 Å². The first kappa shape index (κ1) is 18.9. The first-order chi connectivity index (χ1) is 13.0. The molecule has 0 aliphatic heterocycles. The van der Waals surface area contributed by atoms with E-state index in [1.165, 1.54) is 12.1 Å². The quantitative estimate of drug-likeness (QED) is 0.726. The molecule has 2 atom stereocenters. The van der Waals surface area contributed by atoms with Crippen molar-refractivity contribution < 1.29 is 24.5 Å². The van der Waals surface area contributed by atoms with Crippen molar-refractivity contribution in [3.63, 3.8) is 0 Å². The first-order valence-electron chi connectivity index (χ1n) is 9.08. The molecule has 1 saturated carbocycles. The molecular weight excluding hydrogens is 346 g/mol. The number of benzene rings is 2. The van der Waals surface area contributed by atoms with Crippen LogP contribution in [0.5, 0.6) is 5.75 Å². The number of ether oxygens (including phenoxy) is 1. The molecule has 0 spiro atoms. The minimum atomic E-state index is -0.992. The topological polar surface area (TPSA) is 95.9 Å².